The summed E-state index contributed by atoms with van der Waals surface area (Å²) in [6.07, 6.45) is 0. The van der Waals surface area contributed by atoms with E-state index in [0.717, 1.165) is 15.4 Å². The van der Waals surface area contributed by atoms with Gasteiger partial charge in [0, 0.05) is 18.7 Å². The fraction of sp³-hybridized carbons (Fsp3) is 0.310. The van der Waals surface area contributed by atoms with Gasteiger partial charge in [-0.05, 0) is 70.0 Å². The Hall–Kier alpha value is -3.72. The van der Waals surface area contributed by atoms with Gasteiger partial charge in [0.15, 0.2) is 0 Å². The molecule has 0 aromatic heterocycles. The van der Waals surface area contributed by atoms with Gasteiger partial charge in [-0.2, -0.15) is 0 Å². The van der Waals surface area contributed by atoms with Crippen LogP contribution < -0.4 is 9.62 Å². The molecule has 3 aromatic carbocycles. The fourth-order valence-electron chi connectivity index (χ4n) is 4.07. The highest BCUT2D eigenvalue weighted by atomic mass is 32.2. The van der Waals surface area contributed by atoms with E-state index in [1.165, 1.54) is 35.2 Å². The van der Waals surface area contributed by atoms with E-state index in [4.69, 9.17) is 0 Å². The Bertz CT molecular complexity index is 1410. The first kappa shape index (κ1) is 28.8. The predicted molar refractivity (Wildman–Crippen MR) is 147 cm³/mol. The topological polar surface area (TPSA) is 86.8 Å². The van der Waals surface area contributed by atoms with Crippen molar-refractivity contribution in [2.24, 2.45) is 0 Å². The summed E-state index contributed by atoms with van der Waals surface area (Å²) in [7, 11) is -4.16. The smallest absolute Gasteiger partial charge is 0.264 e. The van der Waals surface area contributed by atoms with E-state index in [9.17, 15) is 22.4 Å². The number of benzene rings is 3. The number of nitrogens with one attached hydrogen (secondary N) is 1. The van der Waals surface area contributed by atoms with Gasteiger partial charge in [-0.25, -0.2) is 12.8 Å². The number of hydrogen-bond acceptors (Lipinski definition) is 4. The summed E-state index contributed by atoms with van der Waals surface area (Å²) >= 11 is 0. The lowest BCUT2D eigenvalue weighted by atomic mass is 10.1. The van der Waals surface area contributed by atoms with Gasteiger partial charge in [0.05, 0.1) is 10.6 Å². The van der Waals surface area contributed by atoms with Gasteiger partial charge in [-0.1, -0.05) is 48.0 Å². The summed E-state index contributed by atoms with van der Waals surface area (Å²) in [5, 5.41) is 2.69. The van der Waals surface area contributed by atoms with Crippen molar-refractivity contribution in [2.45, 2.75) is 52.1 Å². The number of anilines is 1. The van der Waals surface area contributed by atoms with E-state index >= 15 is 0 Å². The molecule has 0 aliphatic heterocycles. The van der Waals surface area contributed by atoms with Crippen LogP contribution in [0, 0.1) is 26.6 Å². The molecule has 0 bridgehead atoms. The molecule has 2 amide bonds. The monoisotopic (exact) mass is 539 g/mol. The lowest BCUT2D eigenvalue weighted by Crippen LogP contribution is -2.51. The SMILES string of the molecule is CCNC(=O)C(C)N(Cc1ccccc1F)C(=O)CN(c1cccc(C)c1C)S(=O)(=O)c1ccc(C)cc1. The number of hydrogen-bond donors (Lipinski definition) is 1. The molecule has 0 aliphatic rings. The molecule has 0 aliphatic carbocycles. The van der Waals surface area contributed by atoms with Crippen LogP contribution in [-0.4, -0.2) is 44.3 Å². The van der Waals surface area contributed by atoms with Crippen LogP contribution in [0.1, 0.15) is 36.1 Å². The van der Waals surface area contributed by atoms with Crippen molar-refractivity contribution in [3.05, 3.63) is 94.8 Å². The van der Waals surface area contributed by atoms with Gasteiger partial charge >= 0.3 is 0 Å². The van der Waals surface area contributed by atoms with Gasteiger partial charge in [-0.3, -0.25) is 13.9 Å². The molecule has 202 valence electrons. The van der Waals surface area contributed by atoms with Crippen LogP contribution in [-0.2, 0) is 26.2 Å². The Labute approximate surface area is 224 Å². The molecular weight excluding hydrogens is 505 g/mol. The second kappa shape index (κ2) is 12.2. The molecule has 7 nitrogen and oxygen atoms in total. The van der Waals surface area contributed by atoms with Crippen LogP contribution in [0.15, 0.2) is 71.6 Å². The highest BCUT2D eigenvalue weighted by molar-refractivity contribution is 7.92. The largest absolute Gasteiger partial charge is 0.355 e. The Kier molecular flexibility index (Phi) is 9.27. The summed E-state index contributed by atoms with van der Waals surface area (Å²) in [6, 6.07) is 16.6. The highest BCUT2D eigenvalue weighted by Crippen LogP contribution is 2.29. The minimum atomic E-state index is -4.16. The molecule has 0 heterocycles. The number of carbonyl (C=O) groups is 2. The van der Waals surface area contributed by atoms with E-state index < -0.39 is 40.2 Å². The molecule has 1 N–H and O–H groups in total. The second-order valence-electron chi connectivity index (χ2n) is 9.23. The van der Waals surface area contributed by atoms with Crippen molar-refractivity contribution < 1.29 is 22.4 Å². The maximum Gasteiger partial charge on any atom is 0.264 e. The summed E-state index contributed by atoms with van der Waals surface area (Å²) in [6.45, 7) is 8.38. The van der Waals surface area contributed by atoms with Crippen LogP contribution in [0.25, 0.3) is 0 Å². The van der Waals surface area contributed by atoms with Gasteiger partial charge < -0.3 is 10.2 Å². The molecule has 1 unspecified atom stereocenters. The van der Waals surface area contributed by atoms with Crippen molar-refractivity contribution in [1.82, 2.24) is 10.2 Å². The maximum atomic E-state index is 14.5. The van der Waals surface area contributed by atoms with Crippen LogP contribution in [0.3, 0.4) is 0 Å². The van der Waals surface area contributed by atoms with E-state index in [-0.39, 0.29) is 17.0 Å². The Morgan fingerprint density at radius 3 is 2.24 bits per heavy atom. The van der Waals surface area contributed by atoms with Crippen molar-refractivity contribution in [3.63, 3.8) is 0 Å². The first-order valence-electron chi connectivity index (χ1n) is 12.4. The van der Waals surface area contributed by atoms with Crippen molar-refractivity contribution >= 4 is 27.5 Å². The third kappa shape index (κ3) is 6.39. The molecular formula is C29H34FN3O4S. The van der Waals surface area contributed by atoms with Crippen molar-refractivity contribution in [1.29, 1.82) is 0 Å². The molecule has 3 rings (SSSR count). The average Bonchev–Trinajstić information content (AvgIpc) is 2.88. The van der Waals surface area contributed by atoms with Gasteiger partial charge in [0.1, 0.15) is 18.4 Å². The van der Waals surface area contributed by atoms with Gasteiger partial charge in [0.25, 0.3) is 10.0 Å². The number of rotatable bonds is 10. The van der Waals surface area contributed by atoms with Crippen LogP contribution >= 0.6 is 0 Å². The number of aryl methyl sites for hydroxylation is 2. The zero-order valence-corrected chi connectivity index (χ0v) is 23.2. The maximum absolute atomic E-state index is 14.5. The number of sulfonamides is 1. The van der Waals surface area contributed by atoms with E-state index in [0.29, 0.717) is 17.8 Å². The predicted octanol–water partition coefficient (Wildman–Crippen LogP) is 4.50. The van der Waals surface area contributed by atoms with Crippen LogP contribution in [0.2, 0.25) is 0 Å². The number of nitrogens with zero attached hydrogens (tertiary/aromatic N) is 2. The second-order valence-corrected chi connectivity index (χ2v) is 11.1. The molecule has 0 radical (unpaired) electrons. The minimum Gasteiger partial charge on any atom is -0.355 e. The summed E-state index contributed by atoms with van der Waals surface area (Å²) in [4.78, 5) is 27.8. The van der Waals surface area contributed by atoms with E-state index in [1.54, 1.807) is 51.1 Å². The van der Waals surface area contributed by atoms with Gasteiger partial charge in [0.2, 0.25) is 11.8 Å². The quantitative estimate of drug-likeness (QED) is 0.411. The molecule has 3 aromatic rings. The molecule has 0 spiro atoms. The molecule has 9 heteroatoms. The number of carbonyl (C=O) groups excluding carboxylic acids is 2. The molecule has 0 saturated heterocycles. The van der Waals surface area contributed by atoms with Crippen molar-refractivity contribution in [3.8, 4) is 0 Å². The molecule has 38 heavy (non-hydrogen) atoms. The van der Waals surface area contributed by atoms with Crippen LogP contribution in [0.4, 0.5) is 10.1 Å². The fourth-order valence-corrected chi connectivity index (χ4v) is 5.54. The standard InChI is InChI=1S/C29H34FN3O4S/c1-6-31-29(35)23(5)32(18-24-11-7-8-12-26(24)30)28(34)19-33(27-13-9-10-21(3)22(27)4)38(36,37)25-16-14-20(2)15-17-25/h7-17,23H,6,18-19H2,1-5H3,(H,31,35). The summed E-state index contributed by atoms with van der Waals surface area (Å²) in [5.74, 6) is -1.58. The molecule has 1 atom stereocenters. The number of halogens is 1. The Morgan fingerprint density at radius 2 is 1.61 bits per heavy atom. The zero-order valence-electron chi connectivity index (χ0n) is 22.4. The Balaban J connectivity index is 2.09. The summed E-state index contributed by atoms with van der Waals surface area (Å²) in [5.41, 5.74) is 3.03. The van der Waals surface area contributed by atoms with E-state index in [1.807, 2.05) is 19.9 Å². The van der Waals surface area contributed by atoms with E-state index in [2.05, 4.69) is 5.32 Å². The molecule has 0 saturated carbocycles. The van der Waals surface area contributed by atoms with Crippen molar-refractivity contribution in [2.75, 3.05) is 17.4 Å². The van der Waals surface area contributed by atoms with Gasteiger partial charge in [-0.15, -0.1) is 0 Å². The molecule has 0 fully saturated rings. The van der Waals surface area contributed by atoms with Crippen LogP contribution in [0.5, 0.6) is 0 Å². The first-order chi connectivity index (χ1) is 18.0. The third-order valence-electron chi connectivity index (χ3n) is 6.55. The number of amides is 2. The lowest BCUT2D eigenvalue weighted by molar-refractivity contribution is -0.139. The highest BCUT2D eigenvalue weighted by Gasteiger charge is 2.33. The number of likely N-dealkylation sites (N-methyl/N-ethyl adjacent to an activating group) is 1. The minimum absolute atomic E-state index is 0.0363. The Morgan fingerprint density at radius 1 is 0.947 bits per heavy atom. The summed E-state index contributed by atoms with van der Waals surface area (Å²) < 4.78 is 43.4. The first-order valence-corrected chi connectivity index (χ1v) is 13.9. The lowest BCUT2D eigenvalue weighted by Gasteiger charge is -2.32. The average molecular weight is 540 g/mol. The normalized spacial score (nSPS) is 12.1. The zero-order chi connectivity index (χ0) is 28.0. The third-order valence-corrected chi connectivity index (χ3v) is 8.32.